The Bertz CT molecular complexity index is 303. The van der Waals surface area contributed by atoms with E-state index in [4.69, 9.17) is 4.74 Å². The number of hydrogen-bond acceptors (Lipinski definition) is 3. The summed E-state index contributed by atoms with van der Waals surface area (Å²) in [6.07, 6.45) is 0.950. The van der Waals surface area contributed by atoms with Gasteiger partial charge >= 0.3 is 6.09 Å². The van der Waals surface area contributed by atoms with Gasteiger partial charge in [-0.05, 0) is 24.2 Å². The van der Waals surface area contributed by atoms with Gasteiger partial charge in [-0.15, -0.1) is 0 Å². The van der Waals surface area contributed by atoms with Crippen LogP contribution in [0.25, 0.3) is 0 Å². The molecule has 20 heavy (non-hydrogen) atoms. The van der Waals surface area contributed by atoms with Crippen molar-refractivity contribution in [3.8, 4) is 0 Å². The molecule has 0 spiro atoms. The largest absolute Gasteiger partial charge is 0.449 e. The van der Waals surface area contributed by atoms with E-state index in [2.05, 4.69) is 46.9 Å². The Morgan fingerprint density at radius 3 is 2.35 bits per heavy atom. The summed E-state index contributed by atoms with van der Waals surface area (Å²) in [6, 6.07) is 0.620. The fraction of sp³-hybridized carbons (Fsp3) is 0.938. The maximum atomic E-state index is 12.3. The summed E-state index contributed by atoms with van der Waals surface area (Å²) in [6.45, 7) is 15.0. The number of rotatable bonds is 5. The number of nitrogens with one attached hydrogen (secondary N) is 1. The number of piperazine rings is 1. The van der Waals surface area contributed by atoms with Crippen molar-refractivity contribution in [3.63, 3.8) is 0 Å². The van der Waals surface area contributed by atoms with Crippen molar-refractivity contribution in [1.82, 2.24) is 10.2 Å². The first-order valence-corrected chi connectivity index (χ1v) is 7.98. The summed E-state index contributed by atoms with van der Waals surface area (Å²) < 4.78 is 5.44. The summed E-state index contributed by atoms with van der Waals surface area (Å²) in [5.41, 5.74) is 0. The number of carbonyl (C=O) groups is 1. The number of nitrogens with zero attached hydrogens (tertiary/aromatic N) is 1. The molecule has 0 aromatic carbocycles. The van der Waals surface area contributed by atoms with Crippen LogP contribution in [0.3, 0.4) is 0 Å². The SMILES string of the molecule is CC(C)COC(=O)N1CC(CC(C)C)NCC1C(C)C. The second-order valence-corrected chi connectivity index (χ2v) is 7.17. The fourth-order valence-electron chi connectivity index (χ4n) is 2.69. The molecule has 0 aromatic rings. The van der Waals surface area contributed by atoms with E-state index in [1.165, 1.54) is 0 Å². The Morgan fingerprint density at radius 2 is 1.85 bits per heavy atom. The van der Waals surface area contributed by atoms with Gasteiger partial charge in [-0.1, -0.05) is 41.5 Å². The highest BCUT2D eigenvalue weighted by Gasteiger charge is 2.34. The second kappa shape index (κ2) is 7.87. The van der Waals surface area contributed by atoms with E-state index in [1.54, 1.807) is 0 Å². The number of ether oxygens (including phenoxy) is 1. The third-order valence-corrected chi connectivity index (χ3v) is 3.73. The number of hydrogen-bond donors (Lipinski definition) is 1. The van der Waals surface area contributed by atoms with Crippen molar-refractivity contribution in [2.45, 2.75) is 60.0 Å². The average Bonchev–Trinajstić information content (AvgIpc) is 2.34. The molecule has 2 unspecified atom stereocenters. The third-order valence-electron chi connectivity index (χ3n) is 3.73. The molecular formula is C16H32N2O2. The van der Waals surface area contributed by atoms with Crippen LogP contribution in [-0.4, -0.2) is 42.8 Å². The summed E-state index contributed by atoms with van der Waals surface area (Å²) in [5.74, 6) is 1.46. The van der Waals surface area contributed by atoms with Crippen molar-refractivity contribution in [2.75, 3.05) is 19.7 Å². The van der Waals surface area contributed by atoms with E-state index in [0.29, 0.717) is 30.4 Å². The van der Waals surface area contributed by atoms with Gasteiger partial charge in [-0.3, -0.25) is 0 Å². The van der Waals surface area contributed by atoms with Crippen molar-refractivity contribution in [2.24, 2.45) is 17.8 Å². The Kier molecular flexibility index (Phi) is 6.80. The van der Waals surface area contributed by atoms with Crippen LogP contribution in [0.15, 0.2) is 0 Å². The lowest BCUT2D eigenvalue weighted by Gasteiger charge is -2.42. The lowest BCUT2D eigenvalue weighted by atomic mass is 9.95. The van der Waals surface area contributed by atoms with Gasteiger partial charge in [0.05, 0.1) is 6.61 Å². The lowest BCUT2D eigenvalue weighted by molar-refractivity contribution is 0.0469. The van der Waals surface area contributed by atoms with Crippen LogP contribution < -0.4 is 5.32 Å². The van der Waals surface area contributed by atoms with Gasteiger partial charge in [-0.25, -0.2) is 4.79 Å². The first kappa shape index (κ1) is 17.3. The molecule has 0 saturated carbocycles. The Balaban J connectivity index is 2.65. The average molecular weight is 284 g/mol. The molecule has 1 rings (SSSR count). The normalized spacial score (nSPS) is 23.8. The third kappa shape index (κ3) is 5.31. The van der Waals surface area contributed by atoms with Gasteiger partial charge in [0.1, 0.15) is 0 Å². The van der Waals surface area contributed by atoms with Gasteiger partial charge in [0.15, 0.2) is 0 Å². The minimum Gasteiger partial charge on any atom is -0.449 e. The van der Waals surface area contributed by atoms with Gasteiger partial charge in [0.25, 0.3) is 0 Å². The fourth-order valence-corrected chi connectivity index (χ4v) is 2.69. The van der Waals surface area contributed by atoms with E-state index in [-0.39, 0.29) is 12.1 Å². The Morgan fingerprint density at radius 1 is 1.20 bits per heavy atom. The molecule has 0 radical (unpaired) electrons. The van der Waals surface area contributed by atoms with Crippen LogP contribution in [0.2, 0.25) is 0 Å². The lowest BCUT2D eigenvalue weighted by Crippen LogP contribution is -2.60. The maximum absolute atomic E-state index is 12.3. The topological polar surface area (TPSA) is 41.6 Å². The standard InChI is InChI=1S/C16H32N2O2/c1-11(2)7-14-9-18(15(8-17-14)13(5)6)16(19)20-10-12(3)4/h11-15,17H,7-10H2,1-6H3. The summed E-state index contributed by atoms with van der Waals surface area (Å²) in [5, 5.41) is 3.58. The maximum Gasteiger partial charge on any atom is 0.410 e. The molecule has 1 saturated heterocycles. The van der Waals surface area contributed by atoms with Crippen molar-refractivity contribution in [1.29, 1.82) is 0 Å². The number of carbonyl (C=O) groups excluding carboxylic acids is 1. The van der Waals surface area contributed by atoms with E-state index < -0.39 is 0 Å². The molecule has 0 aromatic heterocycles. The molecule has 118 valence electrons. The molecule has 1 aliphatic rings. The smallest absolute Gasteiger partial charge is 0.410 e. The highest BCUT2D eigenvalue weighted by atomic mass is 16.6. The predicted molar refractivity (Wildman–Crippen MR) is 82.8 cm³/mol. The number of amides is 1. The molecule has 1 heterocycles. The molecule has 1 N–H and O–H groups in total. The summed E-state index contributed by atoms with van der Waals surface area (Å²) in [4.78, 5) is 14.3. The zero-order valence-corrected chi connectivity index (χ0v) is 14.0. The summed E-state index contributed by atoms with van der Waals surface area (Å²) >= 11 is 0. The first-order chi connectivity index (χ1) is 9.31. The molecule has 0 aliphatic carbocycles. The quantitative estimate of drug-likeness (QED) is 0.843. The molecule has 2 atom stereocenters. The highest BCUT2D eigenvalue weighted by molar-refractivity contribution is 5.68. The molecule has 0 bridgehead atoms. The van der Waals surface area contributed by atoms with E-state index in [0.717, 1.165) is 19.5 Å². The van der Waals surface area contributed by atoms with Gasteiger partial charge in [0.2, 0.25) is 0 Å². The van der Waals surface area contributed by atoms with E-state index >= 15 is 0 Å². The highest BCUT2D eigenvalue weighted by Crippen LogP contribution is 2.19. The van der Waals surface area contributed by atoms with E-state index in [9.17, 15) is 4.79 Å². The zero-order valence-electron chi connectivity index (χ0n) is 14.0. The van der Waals surface area contributed by atoms with Crippen LogP contribution in [-0.2, 0) is 4.74 Å². The van der Waals surface area contributed by atoms with Gasteiger partial charge in [0, 0.05) is 25.2 Å². The van der Waals surface area contributed by atoms with Crippen LogP contribution in [0, 0.1) is 17.8 Å². The minimum atomic E-state index is -0.146. The van der Waals surface area contributed by atoms with Gasteiger partial charge in [-0.2, -0.15) is 0 Å². The first-order valence-electron chi connectivity index (χ1n) is 7.98. The van der Waals surface area contributed by atoms with E-state index in [1.807, 2.05) is 4.90 Å². The molecule has 1 aliphatic heterocycles. The van der Waals surface area contributed by atoms with Gasteiger partial charge < -0.3 is 15.0 Å². The Hall–Kier alpha value is -0.770. The van der Waals surface area contributed by atoms with Crippen LogP contribution in [0.4, 0.5) is 4.79 Å². The zero-order chi connectivity index (χ0) is 15.3. The summed E-state index contributed by atoms with van der Waals surface area (Å²) in [7, 11) is 0. The van der Waals surface area contributed by atoms with Crippen LogP contribution in [0.5, 0.6) is 0 Å². The molecule has 4 heteroatoms. The predicted octanol–water partition coefficient (Wildman–Crippen LogP) is 3.12. The Labute approximate surface area is 124 Å². The van der Waals surface area contributed by atoms with Crippen LogP contribution >= 0.6 is 0 Å². The van der Waals surface area contributed by atoms with Crippen molar-refractivity contribution in [3.05, 3.63) is 0 Å². The molecule has 1 amide bonds. The van der Waals surface area contributed by atoms with Crippen molar-refractivity contribution >= 4 is 6.09 Å². The monoisotopic (exact) mass is 284 g/mol. The minimum absolute atomic E-state index is 0.146. The van der Waals surface area contributed by atoms with Crippen molar-refractivity contribution < 1.29 is 9.53 Å². The van der Waals surface area contributed by atoms with Crippen LogP contribution in [0.1, 0.15) is 48.0 Å². The molecular weight excluding hydrogens is 252 g/mol. The molecule has 4 nitrogen and oxygen atoms in total. The molecule has 1 fully saturated rings. The second-order valence-electron chi connectivity index (χ2n) is 7.17.